The van der Waals surface area contributed by atoms with Gasteiger partial charge in [-0.1, -0.05) is 6.92 Å². The van der Waals surface area contributed by atoms with Gasteiger partial charge in [-0.3, -0.25) is 10.0 Å². The van der Waals surface area contributed by atoms with Crippen LogP contribution in [0.4, 0.5) is 16.2 Å². The number of rotatable bonds is 7. The molecule has 2 aromatic carbocycles. The highest BCUT2D eigenvalue weighted by molar-refractivity contribution is 7.92. The fourth-order valence-corrected chi connectivity index (χ4v) is 4.73. The molecule has 148 valence electrons. The van der Waals surface area contributed by atoms with E-state index in [0.29, 0.717) is 11.4 Å². The quantitative estimate of drug-likeness (QED) is 0.582. The van der Waals surface area contributed by atoms with Gasteiger partial charge in [0.25, 0.3) is 10.0 Å². The summed E-state index contributed by atoms with van der Waals surface area (Å²) in [5, 5.41) is 3.57. The zero-order chi connectivity index (χ0) is 20.1. The molecule has 0 aliphatic carbocycles. The lowest BCUT2D eigenvalue weighted by molar-refractivity contribution is 0.168. The number of carbonyl (C=O) groups excluding carboxylic acids is 1. The lowest BCUT2D eigenvalue weighted by Crippen LogP contribution is -2.14. The molecule has 0 radical (unpaired) electrons. The van der Waals surface area contributed by atoms with Gasteiger partial charge in [-0.15, -0.1) is 11.3 Å². The monoisotopic (exact) mass is 419 g/mol. The lowest BCUT2D eigenvalue weighted by atomic mass is 10.3. The summed E-state index contributed by atoms with van der Waals surface area (Å²) in [6.45, 7) is 4.06. The van der Waals surface area contributed by atoms with Crippen molar-refractivity contribution in [2.45, 2.75) is 31.6 Å². The molecule has 0 unspecified atom stereocenters. The molecule has 3 aromatic rings. The van der Waals surface area contributed by atoms with Gasteiger partial charge in [0, 0.05) is 5.69 Å². The number of nitrogens with one attached hydrogen (secondary N) is 2. The molecule has 0 aliphatic rings. The summed E-state index contributed by atoms with van der Waals surface area (Å²) in [5.74, 6) is 0. The van der Waals surface area contributed by atoms with Crippen LogP contribution in [-0.4, -0.2) is 26.1 Å². The molecule has 0 spiro atoms. The Morgan fingerprint density at radius 1 is 1.11 bits per heavy atom. The van der Waals surface area contributed by atoms with Crippen molar-refractivity contribution >= 4 is 49.0 Å². The Labute approximate surface area is 167 Å². The van der Waals surface area contributed by atoms with Crippen LogP contribution in [0.5, 0.6) is 0 Å². The van der Waals surface area contributed by atoms with Crippen molar-refractivity contribution < 1.29 is 17.9 Å². The minimum Gasteiger partial charge on any atom is -0.450 e. The molecule has 2 N–H and O–H groups in total. The Morgan fingerprint density at radius 3 is 2.50 bits per heavy atom. The number of ether oxygens (including phenoxy) is 1. The second-order valence-corrected chi connectivity index (χ2v) is 8.81. The number of carbonyl (C=O) groups is 1. The zero-order valence-corrected chi connectivity index (χ0v) is 17.2. The topological polar surface area (TPSA) is 97.4 Å². The molecule has 3 rings (SSSR count). The number of aryl methyl sites for hydroxylation is 1. The zero-order valence-electron chi connectivity index (χ0n) is 15.6. The maximum absolute atomic E-state index is 12.6. The van der Waals surface area contributed by atoms with Crippen LogP contribution in [0.25, 0.3) is 10.2 Å². The number of benzene rings is 2. The molecular formula is C19H21N3O4S2. The number of aromatic nitrogens is 1. The van der Waals surface area contributed by atoms with Crippen LogP contribution in [0.15, 0.2) is 47.4 Å². The molecule has 1 amide bonds. The summed E-state index contributed by atoms with van der Waals surface area (Å²) in [7, 11) is -3.75. The number of fused-ring (bicyclic) bond motifs is 1. The van der Waals surface area contributed by atoms with E-state index in [2.05, 4.69) is 21.9 Å². The highest BCUT2D eigenvalue weighted by atomic mass is 32.2. The largest absolute Gasteiger partial charge is 0.450 e. The van der Waals surface area contributed by atoms with E-state index < -0.39 is 16.1 Å². The summed E-state index contributed by atoms with van der Waals surface area (Å²) in [6, 6.07) is 11.2. The third-order valence-electron chi connectivity index (χ3n) is 3.84. The van der Waals surface area contributed by atoms with Gasteiger partial charge in [-0.05, 0) is 62.2 Å². The van der Waals surface area contributed by atoms with Crippen molar-refractivity contribution in [1.82, 2.24) is 4.98 Å². The van der Waals surface area contributed by atoms with E-state index in [-0.39, 0.29) is 11.5 Å². The molecule has 1 aromatic heterocycles. The van der Waals surface area contributed by atoms with E-state index in [9.17, 15) is 13.2 Å². The maximum Gasteiger partial charge on any atom is 0.411 e. The second-order valence-electron chi connectivity index (χ2n) is 6.02. The van der Waals surface area contributed by atoms with E-state index in [1.54, 1.807) is 30.4 Å². The standard InChI is InChI=1S/C19H21N3O4S2/c1-3-5-18-21-16-11-8-14(12-17(16)27-18)22-28(24,25)15-9-6-13(7-10-15)20-19(23)26-4-2/h6-12,22H,3-5H2,1-2H3,(H,20,23). The number of nitrogens with zero attached hydrogens (tertiary/aromatic N) is 1. The van der Waals surface area contributed by atoms with Crippen molar-refractivity contribution in [2.75, 3.05) is 16.6 Å². The summed E-state index contributed by atoms with van der Waals surface area (Å²) in [4.78, 5) is 16.1. The van der Waals surface area contributed by atoms with E-state index in [0.717, 1.165) is 28.1 Å². The fourth-order valence-electron chi connectivity index (χ4n) is 2.57. The smallest absolute Gasteiger partial charge is 0.411 e. The van der Waals surface area contributed by atoms with E-state index in [4.69, 9.17) is 4.74 Å². The third-order valence-corrected chi connectivity index (χ3v) is 6.31. The van der Waals surface area contributed by atoms with Crippen LogP contribution in [0, 0.1) is 0 Å². The average molecular weight is 420 g/mol. The number of anilines is 2. The van der Waals surface area contributed by atoms with Gasteiger partial charge in [-0.25, -0.2) is 18.2 Å². The Bertz CT molecular complexity index is 1080. The minimum atomic E-state index is -3.75. The van der Waals surface area contributed by atoms with E-state index in [1.165, 1.54) is 24.3 Å². The van der Waals surface area contributed by atoms with Crippen LogP contribution < -0.4 is 10.0 Å². The van der Waals surface area contributed by atoms with E-state index in [1.807, 2.05) is 6.07 Å². The van der Waals surface area contributed by atoms with Gasteiger partial charge < -0.3 is 4.74 Å². The third kappa shape index (κ3) is 4.79. The second kappa shape index (κ2) is 8.57. The molecular weight excluding hydrogens is 398 g/mol. The molecule has 0 bridgehead atoms. The predicted molar refractivity (Wildman–Crippen MR) is 112 cm³/mol. The minimum absolute atomic E-state index is 0.0954. The Hall–Kier alpha value is -2.65. The van der Waals surface area contributed by atoms with Crippen LogP contribution in [-0.2, 0) is 21.2 Å². The molecule has 9 heteroatoms. The van der Waals surface area contributed by atoms with Gasteiger partial charge in [0.05, 0.1) is 32.4 Å². The molecule has 0 atom stereocenters. The van der Waals surface area contributed by atoms with Crippen LogP contribution in [0.2, 0.25) is 0 Å². The fraction of sp³-hybridized carbons (Fsp3) is 0.263. The van der Waals surface area contributed by atoms with Gasteiger partial charge in [0.15, 0.2) is 0 Å². The highest BCUT2D eigenvalue weighted by Crippen LogP contribution is 2.27. The van der Waals surface area contributed by atoms with Crippen molar-refractivity contribution in [3.8, 4) is 0 Å². The molecule has 0 saturated heterocycles. The Morgan fingerprint density at radius 2 is 1.82 bits per heavy atom. The van der Waals surface area contributed by atoms with Gasteiger partial charge in [0.2, 0.25) is 0 Å². The van der Waals surface area contributed by atoms with Crippen LogP contribution in [0.3, 0.4) is 0 Å². The summed E-state index contributed by atoms with van der Waals surface area (Å²) in [6.07, 6.45) is 1.34. The average Bonchev–Trinajstić information content (AvgIpc) is 3.04. The van der Waals surface area contributed by atoms with Crippen molar-refractivity contribution in [2.24, 2.45) is 0 Å². The first kappa shape index (κ1) is 20.1. The highest BCUT2D eigenvalue weighted by Gasteiger charge is 2.15. The van der Waals surface area contributed by atoms with Gasteiger partial charge >= 0.3 is 6.09 Å². The number of sulfonamides is 1. The number of amides is 1. The predicted octanol–water partition coefficient (Wildman–Crippen LogP) is 4.62. The molecule has 28 heavy (non-hydrogen) atoms. The summed E-state index contributed by atoms with van der Waals surface area (Å²) >= 11 is 1.57. The first-order valence-corrected chi connectivity index (χ1v) is 11.2. The number of thiazole rings is 1. The molecule has 1 heterocycles. The Balaban J connectivity index is 1.75. The van der Waals surface area contributed by atoms with Gasteiger partial charge in [-0.2, -0.15) is 0 Å². The number of hydrogen-bond acceptors (Lipinski definition) is 6. The molecule has 7 nitrogen and oxygen atoms in total. The van der Waals surface area contributed by atoms with Crippen LogP contribution in [0.1, 0.15) is 25.3 Å². The molecule has 0 saturated carbocycles. The normalized spacial score (nSPS) is 11.4. The molecule has 0 fully saturated rings. The molecule has 0 aliphatic heterocycles. The van der Waals surface area contributed by atoms with Crippen molar-refractivity contribution in [3.05, 3.63) is 47.5 Å². The lowest BCUT2D eigenvalue weighted by Gasteiger charge is -2.09. The van der Waals surface area contributed by atoms with Crippen molar-refractivity contribution in [1.29, 1.82) is 0 Å². The van der Waals surface area contributed by atoms with Crippen LogP contribution >= 0.6 is 11.3 Å². The van der Waals surface area contributed by atoms with Gasteiger partial charge in [0.1, 0.15) is 0 Å². The SMILES string of the molecule is CCCc1nc2ccc(NS(=O)(=O)c3ccc(NC(=O)OCC)cc3)cc2s1. The maximum atomic E-state index is 12.6. The Kier molecular flexibility index (Phi) is 6.15. The first-order valence-electron chi connectivity index (χ1n) is 8.87. The van der Waals surface area contributed by atoms with Crippen molar-refractivity contribution in [3.63, 3.8) is 0 Å². The first-order chi connectivity index (χ1) is 13.4. The summed E-state index contributed by atoms with van der Waals surface area (Å²) < 4.78 is 33.6. The van der Waals surface area contributed by atoms with E-state index >= 15 is 0 Å². The summed E-state index contributed by atoms with van der Waals surface area (Å²) in [5.41, 5.74) is 1.80. The number of hydrogen-bond donors (Lipinski definition) is 2.